The number of benzene rings is 1. The van der Waals surface area contributed by atoms with Crippen LogP contribution in [0.5, 0.6) is 0 Å². The number of ether oxygens (including phenoxy) is 1. The highest BCUT2D eigenvalue weighted by molar-refractivity contribution is 5.75. The Morgan fingerprint density at radius 2 is 2.11 bits per heavy atom. The predicted octanol–water partition coefficient (Wildman–Crippen LogP) is 1.10. The van der Waals surface area contributed by atoms with Crippen LogP contribution < -0.4 is 0 Å². The monoisotopic (exact) mass is 246 g/mol. The molecule has 2 rings (SSSR count). The van der Waals surface area contributed by atoms with Gasteiger partial charge in [0.1, 0.15) is 0 Å². The van der Waals surface area contributed by atoms with Crippen LogP contribution in [0.1, 0.15) is 12.6 Å². The Hall–Kier alpha value is -2.01. The van der Waals surface area contributed by atoms with Crippen molar-refractivity contribution in [2.24, 2.45) is 0 Å². The summed E-state index contributed by atoms with van der Waals surface area (Å²) in [6.07, 6.45) is 0.474. The van der Waals surface area contributed by atoms with Crippen molar-refractivity contribution < 1.29 is 14.6 Å². The number of esters is 1. The van der Waals surface area contributed by atoms with E-state index in [-0.39, 0.29) is 13.0 Å². The molecule has 2 aromatic rings. The van der Waals surface area contributed by atoms with Crippen LogP contribution in [0.2, 0.25) is 0 Å². The molecule has 1 N–H and O–H groups in total. The van der Waals surface area contributed by atoms with Gasteiger partial charge in [-0.15, -0.1) is 0 Å². The first-order chi connectivity index (χ1) is 8.70. The maximum absolute atomic E-state index is 11.3. The van der Waals surface area contributed by atoms with Gasteiger partial charge >= 0.3 is 5.97 Å². The molecule has 0 saturated carbocycles. The van der Waals surface area contributed by atoms with Crippen LogP contribution in [0.3, 0.4) is 0 Å². The molecule has 0 saturated heterocycles. The Labute approximate surface area is 104 Å². The van der Waals surface area contributed by atoms with E-state index in [2.05, 4.69) is 9.97 Å². The molecule has 0 spiro atoms. The number of hydrogen-bond donors (Lipinski definition) is 1. The Morgan fingerprint density at radius 3 is 2.83 bits per heavy atom. The van der Waals surface area contributed by atoms with Gasteiger partial charge in [-0.1, -0.05) is 12.1 Å². The van der Waals surface area contributed by atoms with Crippen molar-refractivity contribution >= 4 is 17.0 Å². The van der Waals surface area contributed by atoms with Crippen LogP contribution in [-0.2, 0) is 16.0 Å². The maximum atomic E-state index is 11.3. The summed E-state index contributed by atoms with van der Waals surface area (Å²) in [6.45, 7) is 1.94. The Kier molecular flexibility index (Phi) is 3.84. The quantitative estimate of drug-likeness (QED) is 0.818. The van der Waals surface area contributed by atoms with E-state index in [4.69, 9.17) is 4.74 Å². The van der Waals surface area contributed by atoms with Gasteiger partial charge in [0, 0.05) is 12.6 Å². The van der Waals surface area contributed by atoms with Crippen LogP contribution in [0.25, 0.3) is 11.0 Å². The summed E-state index contributed by atoms with van der Waals surface area (Å²) in [5.74, 6) is -0.632. The van der Waals surface area contributed by atoms with Gasteiger partial charge in [0.25, 0.3) is 0 Å². The van der Waals surface area contributed by atoms with Gasteiger partial charge in [0.2, 0.25) is 0 Å². The highest BCUT2D eigenvalue weighted by Crippen LogP contribution is 2.10. The SMILES string of the molecule is CCOC(=O)C(O)Cc1cnc2ccccc2n1. The van der Waals surface area contributed by atoms with Crippen molar-refractivity contribution in [2.45, 2.75) is 19.4 Å². The van der Waals surface area contributed by atoms with Crippen LogP contribution >= 0.6 is 0 Å². The summed E-state index contributed by atoms with van der Waals surface area (Å²) in [6, 6.07) is 7.43. The molecule has 1 aromatic heterocycles. The van der Waals surface area contributed by atoms with Crippen molar-refractivity contribution in [1.29, 1.82) is 0 Å². The molecule has 0 bridgehead atoms. The molecule has 0 radical (unpaired) electrons. The van der Waals surface area contributed by atoms with E-state index < -0.39 is 12.1 Å². The molecule has 1 heterocycles. The van der Waals surface area contributed by atoms with Gasteiger partial charge in [-0.25, -0.2) is 9.78 Å². The van der Waals surface area contributed by atoms with Crippen LogP contribution in [0.4, 0.5) is 0 Å². The molecule has 0 aliphatic carbocycles. The van der Waals surface area contributed by atoms with Crippen LogP contribution in [0.15, 0.2) is 30.5 Å². The van der Waals surface area contributed by atoms with E-state index in [0.717, 1.165) is 11.0 Å². The molecule has 5 heteroatoms. The van der Waals surface area contributed by atoms with E-state index in [0.29, 0.717) is 5.69 Å². The van der Waals surface area contributed by atoms with Gasteiger partial charge in [-0.3, -0.25) is 4.98 Å². The zero-order chi connectivity index (χ0) is 13.0. The second-order valence-electron chi connectivity index (χ2n) is 3.82. The number of carbonyl (C=O) groups excluding carboxylic acids is 1. The standard InChI is InChI=1S/C13H14N2O3/c1-2-18-13(17)12(16)7-9-8-14-10-5-3-4-6-11(10)15-9/h3-6,8,12,16H,2,7H2,1H3. The minimum atomic E-state index is -1.19. The third kappa shape index (κ3) is 2.81. The molecule has 0 amide bonds. The van der Waals surface area contributed by atoms with Gasteiger partial charge in [-0.05, 0) is 19.1 Å². The van der Waals surface area contributed by atoms with E-state index in [9.17, 15) is 9.90 Å². The van der Waals surface area contributed by atoms with E-state index in [1.54, 1.807) is 13.1 Å². The van der Waals surface area contributed by atoms with Crippen molar-refractivity contribution in [3.8, 4) is 0 Å². The zero-order valence-electron chi connectivity index (χ0n) is 10.0. The first-order valence-corrected chi connectivity index (χ1v) is 5.76. The average Bonchev–Trinajstić information content (AvgIpc) is 2.39. The minimum absolute atomic E-state index is 0.108. The fourth-order valence-corrected chi connectivity index (χ4v) is 1.61. The normalized spacial score (nSPS) is 12.3. The predicted molar refractivity (Wildman–Crippen MR) is 65.9 cm³/mol. The highest BCUT2D eigenvalue weighted by atomic mass is 16.5. The second-order valence-corrected chi connectivity index (χ2v) is 3.82. The first kappa shape index (κ1) is 12.4. The lowest BCUT2D eigenvalue weighted by atomic mass is 10.2. The average molecular weight is 246 g/mol. The molecule has 1 aromatic carbocycles. The van der Waals surface area contributed by atoms with E-state index >= 15 is 0 Å². The van der Waals surface area contributed by atoms with Crippen molar-refractivity contribution in [3.05, 3.63) is 36.2 Å². The minimum Gasteiger partial charge on any atom is -0.464 e. The van der Waals surface area contributed by atoms with Gasteiger partial charge in [-0.2, -0.15) is 0 Å². The number of nitrogens with zero attached hydrogens (tertiary/aromatic N) is 2. The Morgan fingerprint density at radius 1 is 1.39 bits per heavy atom. The number of fused-ring (bicyclic) bond motifs is 1. The molecule has 94 valence electrons. The third-order valence-electron chi connectivity index (χ3n) is 2.46. The molecule has 0 aliphatic heterocycles. The largest absolute Gasteiger partial charge is 0.464 e. The molecule has 18 heavy (non-hydrogen) atoms. The molecule has 0 aliphatic rings. The van der Waals surface area contributed by atoms with Gasteiger partial charge < -0.3 is 9.84 Å². The smallest absolute Gasteiger partial charge is 0.335 e. The lowest BCUT2D eigenvalue weighted by molar-refractivity contribution is -0.152. The van der Waals surface area contributed by atoms with Crippen molar-refractivity contribution in [2.75, 3.05) is 6.61 Å². The van der Waals surface area contributed by atoms with E-state index in [1.807, 2.05) is 24.3 Å². The number of aliphatic hydroxyl groups excluding tert-OH is 1. The lowest BCUT2D eigenvalue weighted by Gasteiger charge is -2.09. The second kappa shape index (κ2) is 5.55. The van der Waals surface area contributed by atoms with Crippen molar-refractivity contribution in [3.63, 3.8) is 0 Å². The molecule has 0 fully saturated rings. The Bertz CT molecular complexity index is 557. The zero-order valence-corrected chi connectivity index (χ0v) is 10.0. The summed E-state index contributed by atoms with van der Waals surface area (Å²) >= 11 is 0. The topological polar surface area (TPSA) is 72.3 Å². The van der Waals surface area contributed by atoms with Gasteiger partial charge in [0.15, 0.2) is 6.10 Å². The first-order valence-electron chi connectivity index (χ1n) is 5.76. The number of hydrogen-bond acceptors (Lipinski definition) is 5. The molecule has 1 atom stereocenters. The molecule has 5 nitrogen and oxygen atoms in total. The van der Waals surface area contributed by atoms with E-state index in [1.165, 1.54) is 0 Å². The number of aliphatic hydroxyl groups is 1. The number of aromatic nitrogens is 2. The highest BCUT2D eigenvalue weighted by Gasteiger charge is 2.17. The fourth-order valence-electron chi connectivity index (χ4n) is 1.61. The molecular weight excluding hydrogens is 232 g/mol. The summed E-state index contributed by atoms with van der Waals surface area (Å²) in [5.41, 5.74) is 2.09. The van der Waals surface area contributed by atoms with Crippen molar-refractivity contribution in [1.82, 2.24) is 9.97 Å². The molecular formula is C13H14N2O3. The number of carbonyl (C=O) groups is 1. The van der Waals surface area contributed by atoms with Crippen LogP contribution in [-0.4, -0.2) is 33.8 Å². The summed E-state index contributed by atoms with van der Waals surface area (Å²) < 4.78 is 4.73. The number of para-hydroxylation sites is 2. The maximum Gasteiger partial charge on any atom is 0.335 e. The van der Waals surface area contributed by atoms with Gasteiger partial charge in [0.05, 0.1) is 23.3 Å². The number of rotatable bonds is 4. The fraction of sp³-hybridized carbons (Fsp3) is 0.308. The lowest BCUT2D eigenvalue weighted by Crippen LogP contribution is -2.25. The summed E-state index contributed by atoms with van der Waals surface area (Å²) in [5, 5.41) is 9.63. The summed E-state index contributed by atoms with van der Waals surface area (Å²) in [4.78, 5) is 19.8. The summed E-state index contributed by atoms with van der Waals surface area (Å²) in [7, 11) is 0. The molecule has 1 unspecified atom stereocenters. The van der Waals surface area contributed by atoms with Crippen LogP contribution in [0, 0.1) is 0 Å². The third-order valence-corrected chi connectivity index (χ3v) is 2.46. The Balaban J connectivity index is 2.14.